The highest BCUT2D eigenvalue weighted by Crippen LogP contribution is 2.23. The molecular formula is C12H15ClN2O2S. The van der Waals surface area contributed by atoms with Gasteiger partial charge in [-0.15, -0.1) is 0 Å². The molecule has 0 saturated heterocycles. The normalized spacial score (nSPS) is 13.1. The highest BCUT2D eigenvalue weighted by Gasteiger charge is 2.18. The Morgan fingerprint density at radius 3 is 2.56 bits per heavy atom. The summed E-state index contributed by atoms with van der Waals surface area (Å²) in [6.45, 7) is 6.19. The summed E-state index contributed by atoms with van der Waals surface area (Å²) in [5.74, 6) is 0.706. The molecule has 4 nitrogen and oxygen atoms in total. The second-order valence-corrected chi connectivity index (χ2v) is 8.15. The van der Waals surface area contributed by atoms with Gasteiger partial charge in [-0.3, -0.25) is 0 Å². The number of hydrogen-bond acceptors (Lipinski definition) is 3. The molecule has 0 unspecified atom stereocenters. The van der Waals surface area contributed by atoms with E-state index in [9.17, 15) is 8.42 Å². The fourth-order valence-electron chi connectivity index (χ4n) is 1.70. The van der Waals surface area contributed by atoms with E-state index in [1.807, 2.05) is 0 Å². The van der Waals surface area contributed by atoms with Gasteiger partial charge in [0.25, 0.3) is 0 Å². The molecule has 98 valence electrons. The van der Waals surface area contributed by atoms with Crippen molar-refractivity contribution in [2.75, 3.05) is 0 Å². The van der Waals surface area contributed by atoms with Gasteiger partial charge >= 0.3 is 0 Å². The Bertz CT molecular complexity index is 684. The van der Waals surface area contributed by atoms with Crippen molar-refractivity contribution in [1.82, 2.24) is 9.97 Å². The molecule has 0 saturated carbocycles. The van der Waals surface area contributed by atoms with Crippen molar-refractivity contribution in [3.63, 3.8) is 0 Å². The number of rotatable bonds is 2. The van der Waals surface area contributed by atoms with Crippen LogP contribution in [0.2, 0.25) is 0 Å². The summed E-state index contributed by atoms with van der Waals surface area (Å²) in [5, 5.41) is 0. The van der Waals surface area contributed by atoms with E-state index < -0.39 is 9.05 Å². The molecular weight excluding hydrogens is 272 g/mol. The SMILES string of the molecule is CC(C)(C)c1nc2ccc(CS(=O)(=O)Cl)cc2[nH]1. The molecule has 1 N–H and O–H groups in total. The first-order valence-corrected chi connectivity index (χ1v) is 8.04. The van der Waals surface area contributed by atoms with Crippen molar-refractivity contribution in [2.45, 2.75) is 31.9 Å². The summed E-state index contributed by atoms with van der Waals surface area (Å²) in [6.07, 6.45) is 0. The zero-order valence-electron chi connectivity index (χ0n) is 10.5. The van der Waals surface area contributed by atoms with E-state index >= 15 is 0 Å². The average Bonchev–Trinajstić information content (AvgIpc) is 2.57. The Labute approximate surface area is 111 Å². The third-order valence-corrected chi connectivity index (χ3v) is 3.60. The molecule has 6 heteroatoms. The molecule has 0 aliphatic heterocycles. The van der Waals surface area contributed by atoms with E-state index in [0.717, 1.165) is 16.9 Å². The number of nitrogens with one attached hydrogen (secondary N) is 1. The highest BCUT2D eigenvalue weighted by molar-refractivity contribution is 8.13. The third kappa shape index (κ3) is 3.03. The van der Waals surface area contributed by atoms with Crippen molar-refractivity contribution in [3.8, 4) is 0 Å². The predicted octanol–water partition coefficient (Wildman–Crippen LogP) is 2.93. The van der Waals surface area contributed by atoms with Crippen LogP contribution in [0.25, 0.3) is 11.0 Å². The topological polar surface area (TPSA) is 62.8 Å². The maximum Gasteiger partial charge on any atom is 0.236 e. The standard InChI is InChI=1S/C12H15ClN2O2S/c1-12(2,3)11-14-9-5-4-8(6-10(9)15-11)7-18(13,16)17/h4-6H,7H2,1-3H3,(H,14,15). The van der Waals surface area contributed by atoms with Crippen LogP contribution in [0, 0.1) is 0 Å². The van der Waals surface area contributed by atoms with Crippen LogP contribution in [0.5, 0.6) is 0 Å². The number of nitrogens with zero attached hydrogens (tertiary/aromatic N) is 1. The van der Waals surface area contributed by atoms with Crippen LogP contribution in [0.15, 0.2) is 18.2 Å². The summed E-state index contributed by atoms with van der Waals surface area (Å²) in [4.78, 5) is 7.70. The van der Waals surface area contributed by atoms with Crippen LogP contribution in [0.3, 0.4) is 0 Å². The van der Waals surface area contributed by atoms with Gasteiger partial charge in [-0.1, -0.05) is 26.8 Å². The molecule has 0 aliphatic rings. The lowest BCUT2D eigenvalue weighted by atomic mass is 9.96. The fraction of sp³-hybridized carbons (Fsp3) is 0.417. The Kier molecular flexibility index (Phi) is 3.15. The number of halogens is 1. The molecule has 0 radical (unpaired) electrons. The van der Waals surface area contributed by atoms with Crippen molar-refractivity contribution < 1.29 is 8.42 Å². The van der Waals surface area contributed by atoms with Crippen LogP contribution in [0.4, 0.5) is 0 Å². The van der Waals surface area contributed by atoms with Crippen LogP contribution < -0.4 is 0 Å². The second-order valence-electron chi connectivity index (χ2n) is 5.37. The Hall–Kier alpha value is -1.07. The summed E-state index contributed by atoms with van der Waals surface area (Å²) in [6, 6.07) is 5.31. The number of H-pyrrole nitrogens is 1. The van der Waals surface area contributed by atoms with Gasteiger partial charge in [0.2, 0.25) is 9.05 Å². The zero-order valence-corrected chi connectivity index (χ0v) is 12.1. The number of benzene rings is 1. The van der Waals surface area contributed by atoms with E-state index in [4.69, 9.17) is 10.7 Å². The minimum absolute atomic E-state index is 0.0717. The smallest absolute Gasteiger partial charge is 0.236 e. The summed E-state index contributed by atoms with van der Waals surface area (Å²) in [7, 11) is 1.71. The minimum Gasteiger partial charge on any atom is -0.342 e. The molecule has 0 spiro atoms. The number of fused-ring (bicyclic) bond motifs is 1. The molecule has 0 amide bonds. The first kappa shape index (κ1) is 13.4. The largest absolute Gasteiger partial charge is 0.342 e. The fourth-order valence-corrected chi connectivity index (χ4v) is 2.66. The van der Waals surface area contributed by atoms with Gasteiger partial charge in [0.15, 0.2) is 0 Å². The average molecular weight is 287 g/mol. The molecule has 0 aliphatic carbocycles. The first-order chi connectivity index (χ1) is 8.15. The summed E-state index contributed by atoms with van der Waals surface area (Å²) >= 11 is 0. The molecule has 2 rings (SSSR count). The summed E-state index contributed by atoms with van der Waals surface area (Å²) in [5.41, 5.74) is 2.24. The zero-order chi connectivity index (χ0) is 13.6. The molecule has 0 atom stereocenters. The van der Waals surface area contributed by atoms with Crippen LogP contribution >= 0.6 is 10.7 Å². The maximum absolute atomic E-state index is 11.0. The minimum atomic E-state index is -3.53. The maximum atomic E-state index is 11.0. The lowest BCUT2D eigenvalue weighted by molar-refractivity contribution is 0.554. The van der Waals surface area contributed by atoms with Gasteiger partial charge in [0.1, 0.15) is 5.82 Å². The summed E-state index contributed by atoms with van der Waals surface area (Å²) < 4.78 is 22.1. The molecule has 0 fully saturated rings. The van der Waals surface area contributed by atoms with Gasteiger partial charge in [-0.25, -0.2) is 13.4 Å². The molecule has 0 bridgehead atoms. The Morgan fingerprint density at radius 2 is 2.00 bits per heavy atom. The van der Waals surface area contributed by atoms with E-state index in [1.54, 1.807) is 18.2 Å². The Balaban J connectivity index is 2.46. The van der Waals surface area contributed by atoms with Crippen molar-refractivity contribution in [1.29, 1.82) is 0 Å². The number of aromatic amines is 1. The highest BCUT2D eigenvalue weighted by atomic mass is 35.7. The van der Waals surface area contributed by atoms with E-state index in [1.165, 1.54) is 0 Å². The van der Waals surface area contributed by atoms with Gasteiger partial charge in [-0.05, 0) is 17.7 Å². The third-order valence-electron chi connectivity index (χ3n) is 2.60. The predicted molar refractivity (Wildman–Crippen MR) is 73.3 cm³/mol. The van der Waals surface area contributed by atoms with Crippen molar-refractivity contribution in [3.05, 3.63) is 29.6 Å². The molecule has 1 aromatic heterocycles. The van der Waals surface area contributed by atoms with E-state index in [2.05, 4.69) is 30.7 Å². The molecule has 1 heterocycles. The monoisotopic (exact) mass is 286 g/mol. The molecule has 2 aromatic rings. The second kappa shape index (κ2) is 4.24. The van der Waals surface area contributed by atoms with Gasteiger partial charge < -0.3 is 4.98 Å². The molecule has 18 heavy (non-hydrogen) atoms. The number of imidazole rings is 1. The first-order valence-electron chi connectivity index (χ1n) is 5.57. The lowest BCUT2D eigenvalue weighted by Gasteiger charge is -2.13. The van der Waals surface area contributed by atoms with Crippen molar-refractivity contribution in [2.24, 2.45) is 0 Å². The van der Waals surface area contributed by atoms with Crippen LogP contribution in [-0.2, 0) is 20.2 Å². The quantitative estimate of drug-likeness (QED) is 0.864. The molecule has 1 aromatic carbocycles. The van der Waals surface area contributed by atoms with Crippen LogP contribution in [0.1, 0.15) is 32.2 Å². The van der Waals surface area contributed by atoms with Crippen molar-refractivity contribution >= 4 is 30.8 Å². The van der Waals surface area contributed by atoms with Gasteiger partial charge in [0, 0.05) is 16.1 Å². The van der Waals surface area contributed by atoms with Gasteiger partial charge in [0.05, 0.1) is 16.8 Å². The Morgan fingerprint density at radius 1 is 1.33 bits per heavy atom. The lowest BCUT2D eigenvalue weighted by Crippen LogP contribution is -2.12. The van der Waals surface area contributed by atoms with E-state index in [0.29, 0.717) is 5.56 Å². The van der Waals surface area contributed by atoms with Gasteiger partial charge in [-0.2, -0.15) is 0 Å². The number of aromatic nitrogens is 2. The van der Waals surface area contributed by atoms with E-state index in [-0.39, 0.29) is 11.2 Å². The number of hydrogen-bond donors (Lipinski definition) is 1. The van der Waals surface area contributed by atoms with Crippen LogP contribution in [-0.4, -0.2) is 18.4 Å².